The third kappa shape index (κ3) is 3.33. The molecule has 0 atom stereocenters. The van der Waals surface area contributed by atoms with Crippen molar-refractivity contribution >= 4 is 5.78 Å². The summed E-state index contributed by atoms with van der Waals surface area (Å²) in [6.45, 7) is 3.67. The third-order valence-electron chi connectivity index (χ3n) is 4.39. The van der Waals surface area contributed by atoms with E-state index in [1.807, 2.05) is 74.5 Å². The number of carbonyl (C=O) groups excluding carboxylic acids is 1. The molecule has 2 aromatic carbocycles. The molecule has 1 aromatic heterocycles. The maximum atomic E-state index is 13.0. The van der Waals surface area contributed by atoms with E-state index in [9.17, 15) is 14.7 Å². The Morgan fingerprint density at radius 3 is 1.92 bits per heavy atom. The minimum atomic E-state index is -0.311. The van der Waals surface area contributed by atoms with Crippen LogP contribution in [0, 0.1) is 5.92 Å². The summed E-state index contributed by atoms with van der Waals surface area (Å²) in [6, 6.07) is 18.4. The number of hydrogen-bond donors (Lipinski definition) is 1. The summed E-state index contributed by atoms with van der Waals surface area (Å²) >= 11 is 0. The van der Waals surface area contributed by atoms with E-state index in [0.717, 1.165) is 0 Å². The number of ketones is 1. The molecular formula is C21H22N2O3. The SMILES string of the molecule is CC(C)C(=O)CCc1c(O)n(-c2ccccc2)n(-c2ccccc2)c1=O. The maximum Gasteiger partial charge on any atom is 0.278 e. The quantitative estimate of drug-likeness (QED) is 0.740. The largest absolute Gasteiger partial charge is 0.493 e. The van der Waals surface area contributed by atoms with Gasteiger partial charge in [0.25, 0.3) is 5.56 Å². The number of para-hydroxylation sites is 2. The molecule has 5 heteroatoms. The van der Waals surface area contributed by atoms with Crippen LogP contribution in [-0.4, -0.2) is 20.3 Å². The van der Waals surface area contributed by atoms with Gasteiger partial charge in [0, 0.05) is 12.3 Å². The van der Waals surface area contributed by atoms with Crippen LogP contribution in [0.3, 0.4) is 0 Å². The first kappa shape index (κ1) is 17.7. The third-order valence-corrected chi connectivity index (χ3v) is 4.39. The van der Waals surface area contributed by atoms with Gasteiger partial charge in [0.05, 0.1) is 16.9 Å². The Kier molecular flexibility index (Phi) is 5.07. The summed E-state index contributed by atoms with van der Waals surface area (Å²) in [5.41, 5.74) is 1.27. The van der Waals surface area contributed by atoms with E-state index in [1.54, 1.807) is 0 Å². The minimum Gasteiger partial charge on any atom is -0.493 e. The van der Waals surface area contributed by atoms with Crippen LogP contribution in [0.4, 0.5) is 0 Å². The predicted octanol–water partition coefficient (Wildman–Crippen LogP) is 3.49. The fraction of sp³-hybridized carbons (Fsp3) is 0.238. The molecule has 0 unspecified atom stereocenters. The second-order valence-electron chi connectivity index (χ2n) is 6.52. The van der Waals surface area contributed by atoms with Crippen molar-refractivity contribution in [3.05, 3.63) is 76.6 Å². The highest BCUT2D eigenvalue weighted by Crippen LogP contribution is 2.24. The summed E-state index contributed by atoms with van der Waals surface area (Å²) in [5, 5.41) is 10.8. The summed E-state index contributed by atoms with van der Waals surface area (Å²) in [5.74, 6) is -0.145. The number of hydrogen-bond acceptors (Lipinski definition) is 3. The number of Topliss-reactive ketones (excluding diaryl/α,β-unsaturated/α-hetero) is 1. The van der Waals surface area contributed by atoms with Crippen LogP contribution < -0.4 is 5.56 Å². The van der Waals surface area contributed by atoms with Crippen LogP contribution in [-0.2, 0) is 11.2 Å². The molecule has 0 amide bonds. The first-order valence-electron chi connectivity index (χ1n) is 8.70. The van der Waals surface area contributed by atoms with Gasteiger partial charge in [-0.25, -0.2) is 9.36 Å². The first-order valence-corrected chi connectivity index (χ1v) is 8.70. The maximum absolute atomic E-state index is 13.0. The van der Waals surface area contributed by atoms with Crippen LogP contribution in [0.5, 0.6) is 5.88 Å². The van der Waals surface area contributed by atoms with E-state index in [-0.39, 0.29) is 41.5 Å². The molecule has 3 rings (SSSR count). The van der Waals surface area contributed by atoms with Crippen molar-refractivity contribution in [2.24, 2.45) is 5.92 Å². The number of carbonyl (C=O) groups is 1. The lowest BCUT2D eigenvalue weighted by atomic mass is 10.0. The van der Waals surface area contributed by atoms with Crippen LogP contribution in [0.2, 0.25) is 0 Å². The van der Waals surface area contributed by atoms with Gasteiger partial charge in [-0.05, 0) is 30.7 Å². The van der Waals surface area contributed by atoms with E-state index >= 15 is 0 Å². The summed E-state index contributed by atoms with van der Waals surface area (Å²) in [7, 11) is 0. The zero-order chi connectivity index (χ0) is 18.7. The van der Waals surface area contributed by atoms with E-state index in [4.69, 9.17) is 0 Å². The van der Waals surface area contributed by atoms with Crippen molar-refractivity contribution in [1.82, 2.24) is 9.36 Å². The highest BCUT2D eigenvalue weighted by Gasteiger charge is 2.22. The normalized spacial score (nSPS) is 11.0. The standard InChI is InChI=1S/C21H22N2O3/c1-15(2)19(24)14-13-18-20(25)22(16-9-5-3-6-10-16)23(21(18)26)17-11-7-4-8-12-17/h3-12,15,25H,13-14H2,1-2H3. The lowest BCUT2D eigenvalue weighted by Gasteiger charge is -2.12. The number of rotatable bonds is 6. The smallest absolute Gasteiger partial charge is 0.278 e. The molecule has 0 saturated carbocycles. The fourth-order valence-electron chi connectivity index (χ4n) is 2.90. The molecule has 0 aliphatic rings. The van der Waals surface area contributed by atoms with E-state index in [1.165, 1.54) is 9.36 Å². The monoisotopic (exact) mass is 350 g/mol. The predicted molar refractivity (Wildman–Crippen MR) is 101 cm³/mol. The van der Waals surface area contributed by atoms with Gasteiger partial charge >= 0.3 is 0 Å². The molecule has 0 spiro atoms. The Morgan fingerprint density at radius 2 is 1.42 bits per heavy atom. The molecule has 134 valence electrons. The van der Waals surface area contributed by atoms with E-state index in [2.05, 4.69) is 0 Å². The van der Waals surface area contributed by atoms with Crippen molar-refractivity contribution in [1.29, 1.82) is 0 Å². The molecule has 1 heterocycles. The van der Waals surface area contributed by atoms with Gasteiger partial charge in [0.15, 0.2) is 0 Å². The summed E-state index contributed by atoms with van der Waals surface area (Å²) in [4.78, 5) is 25.0. The van der Waals surface area contributed by atoms with Gasteiger partial charge in [0.2, 0.25) is 5.88 Å². The lowest BCUT2D eigenvalue weighted by molar-refractivity contribution is -0.121. The number of benzene rings is 2. The van der Waals surface area contributed by atoms with Gasteiger partial charge in [-0.3, -0.25) is 9.59 Å². The molecule has 1 N–H and O–H groups in total. The zero-order valence-electron chi connectivity index (χ0n) is 14.9. The van der Waals surface area contributed by atoms with Crippen LogP contribution in [0.15, 0.2) is 65.5 Å². The van der Waals surface area contributed by atoms with Crippen molar-refractivity contribution in [2.45, 2.75) is 26.7 Å². The molecule has 0 radical (unpaired) electrons. The van der Waals surface area contributed by atoms with Gasteiger partial charge in [-0.1, -0.05) is 50.2 Å². The number of nitrogens with zero attached hydrogens (tertiary/aromatic N) is 2. The second kappa shape index (κ2) is 7.44. The highest BCUT2D eigenvalue weighted by atomic mass is 16.3. The Balaban J connectivity index is 2.15. The van der Waals surface area contributed by atoms with Crippen molar-refractivity contribution < 1.29 is 9.90 Å². The number of aromatic nitrogens is 2. The summed E-state index contributed by atoms with van der Waals surface area (Å²) < 4.78 is 2.94. The molecule has 0 aliphatic heterocycles. The Hall–Kier alpha value is -3.08. The van der Waals surface area contributed by atoms with Gasteiger partial charge in [-0.15, -0.1) is 0 Å². The Labute approximate surface area is 152 Å². The molecule has 5 nitrogen and oxygen atoms in total. The Bertz CT molecular complexity index is 954. The molecule has 0 bridgehead atoms. The molecule has 0 saturated heterocycles. The molecule has 26 heavy (non-hydrogen) atoms. The average molecular weight is 350 g/mol. The van der Waals surface area contributed by atoms with Crippen LogP contribution >= 0.6 is 0 Å². The first-order chi connectivity index (χ1) is 12.5. The second-order valence-corrected chi connectivity index (χ2v) is 6.52. The van der Waals surface area contributed by atoms with Gasteiger partial charge in [0.1, 0.15) is 5.78 Å². The summed E-state index contributed by atoms with van der Waals surface area (Å²) in [6.07, 6.45) is 0.447. The van der Waals surface area contributed by atoms with Crippen LogP contribution in [0.25, 0.3) is 11.4 Å². The Morgan fingerprint density at radius 1 is 0.923 bits per heavy atom. The van der Waals surface area contributed by atoms with Gasteiger partial charge < -0.3 is 5.11 Å². The van der Waals surface area contributed by atoms with Crippen molar-refractivity contribution in [3.8, 4) is 17.3 Å². The van der Waals surface area contributed by atoms with E-state index < -0.39 is 0 Å². The topological polar surface area (TPSA) is 64.2 Å². The highest BCUT2D eigenvalue weighted by molar-refractivity contribution is 5.80. The van der Waals surface area contributed by atoms with Gasteiger partial charge in [-0.2, -0.15) is 0 Å². The van der Waals surface area contributed by atoms with Crippen molar-refractivity contribution in [3.63, 3.8) is 0 Å². The molecule has 3 aromatic rings. The molecular weight excluding hydrogens is 328 g/mol. The molecule has 0 fully saturated rings. The van der Waals surface area contributed by atoms with Crippen LogP contribution in [0.1, 0.15) is 25.8 Å². The lowest BCUT2D eigenvalue weighted by Crippen LogP contribution is -2.22. The zero-order valence-corrected chi connectivity index (χ0v) is 14.9. The molecule has 0 aliphatic carbocycles. The average Bonchev–Trinajstić information content (AvgIpc) is 2.91. The fourth-order valence-corrected chi connectivity index (χ4v) is 2.90. The minimum absolute atomic E-state index is 0.0718. The number of aromatic hydroxyl groups is 1. The van der Waals surface area contributed by atoms with E-state index in [0.29, 0.717) is 11.4 Å². The van der Waals surface area contributed by atoms with Crippen molar-refractivity contribution in [2.75, 3.05) is 0 Å².